The van der Waals surface area contributed by atoms with E-state index in [0.29, 0.717) is 23.7 Å². The number of thioether (sulfide) groups is 1. The van der Waals surface area contributed by atoms with Crippen LogP contribution in [0.1, 0.15) is 99.8 Å². The van der Waals surface area contributed by atoms with Crippen LogP contribution in [0.3, 0.4) is 0 Å². The first-order valence-corrected chi connectivity index (χ1v) is 16.7. The number of rotatable bonds is 4. The lowest BCUT2D eigenvalue weighted by molar-refractivity contribution is -0.293. The number of carbonyl (C=O) groups is 2. The molecule has 0 aromatic heterocycles. The van der Waals surface area contributed by atoms with Gasteiger partial charge in [0.25, 0.3) is 0 Å². The van der Waals surface area contributed by atoms with Gasteiger partial charge in [-0.25, -0.2) is 0 Å². The van der Waals surface area contributed by atoms with Gasteiger partial charge in [-0.1, -0.05) is 65.0 Å². The minimum absolute atomic E-state index is 0.0165. The van der Waals surface area contributed by atoms with E-state index in [1.807, 2.05) is 0 Å². The molecule has 0 heterocycles. The number of hydrogen-bond donors (Lipinski definition) is 0. The summed E-state index contributed by atoms with van der Waals surface area (Å²) >= 11 is 1.41. The molecule has 0 amide bonds. The average Bonchev–Trinajstić information content (AvgIpc) is 2.91. The molecular formula is C34H54O5S. The Morgan fingerprint density at radius 1 is 0.950 bits per heavy atom. The smallest absolute Gasteiger partial charge is 0.312 e. The zero-order valence-corrected chi connectivity index (χ0v) is 27.5. The number of ether oxygens (including phenoxy) is 3. The number of carbonyl (C=O) groups excluding carboxylic acids is 2. The van der Waals surface area contributed by atoms with Crippen molar-refractivity contribution in [1.29, 1.82) is 0 Å². The standard InChI is InChI=1S/C34H54O5S/c1-20-13-16-33(29(36)37-8)18-17-31(6)25(28(33)21(20)2)11-12-26-30(5)19-27(40-23(4)35)34(38-9,39-10)22(3)24(30)14-15-32(26,31)7/h11,20-22,24,26-28H,12-19H2,1-10H3/t20-,21+,22-,24?,26-,27-,28+,30+,31-,32-,33+/m1/s1. The fraction of sp³-hybridized carbons (Fsp3) is 0.882. The lowest BCUT2D eigenvalue weighted by Crippen LogP contribution is -2.68. The highest BCUT2D eigenvalue weighted by Crippen LogP contribution is 2.75. The molecule has 0 saturated heterocycles. The fourth-order valence-corrected chi connectivity index (χ4v) is 13.1. The maximum absolute atomic E-state index is 13.5. The van der Waals surface area contributed by atoms with Gasteiger partial charge in [0.2, 0.25) is 0 Å². The van der Waals surface area contributed by atoms with Crippen LogP contribution in [0.15, 0.2) is 11.6 Å². The molecule has 226 valence electrons. The molecule has 11 atom stereocenters. The molecule has 1 unspecified atom stereocenters. The summed E-state index contributed by atoms with van der Waals surface area (Å²) in [6.45, 7) is 16.4. The molecule has 0 aromatic carbocycles. The zero-order chi connectivity index (χ0) is 29.5. The summed E-state index contributed by atoms with van der Waals surface area (Å²) in [6, 6.07) is 0. The molecule has 5 aliphatic rings. The third-order valence-electron chi connectivity index (χ3n) is 14.2. The average molecular weight is 575 g/mol. The van der Waals surface area contributed by atoms with Gasteiger partial charge in [0.05, 0.1) is 17.8 Å². The lowest BCUT2D eigenvalue weighted by Gasteiger charge is -2.71. The van der Waals surface area contributed by atoms with Crippen LogP contribution in [-0.2, 0) is 23.8 Å². The van der Waals surface area contributed by atoms with Crippen molar-refractivity contribution >= 4 is 22.8 Å². The molecule has 0 aliphatic heterocycles. The fourth-order valence-electron chi connectivity index (χ4n) is 11.7. The molecule has 4 saturated carbocycles. The highest BCUT2D eigenvalue weighted by Gasteiger charge is 2.71. The van der Waals surface area contributed by atoms with Crippen LogP contribution in [0.5, 0.6) is 0 Å². The van der Waals surface area contributed by atoms with Crippen molar-refractivity contribution in [3.05, 3.63) is 11.6 Å². The van der Waals surface area contributed by atoms with E-state index < -0.39 is 5.79 Å². The summed E-state index contributed by atoms with van der Waals surface area (Å²) in [5.74, 6) is 1.71. The van der Waals surface area contributed by atoms with Crippen molar-refractivity contribution in [3.8, 4) is 0 Å². The topological polar surface area (TPSA) is 61.8 Å². The Hall–Kier alpha value is -0.850. The van der Waals surface area contributed by atoms with Gasteiger partial charge in [-0.05, 0) is 97.2 Å². The normalized spacial score (nSPS) is 49.5. The number of methoxy groups -OCH3 is 3. The van der Waals surface area contributed by atoms with Crippen LogP contribution < -0.4 is 0 Å². The van der Waals surface area contributed by atoms with Crippen molar-refractivity contribution in [1.82, 2.24) is 0 Å². The van der Waals surface area contributed by atoms with Gasteiger partial charge < -0.3 is 14.2 Å². The van der Waals surface area contributed by atoms with Crippen LogP contribution in [-0.4, -0.2) is 43.5 Å². The first-order chi connectivity index (χ1) is 18.7. The molecule has 5 rings (SSSR count). The zero-order valence-electron chi connectivity index (χ0n) is 26.7. The van der Waals surface area contributed by atoms with Crippen LogP contribution in [0.4, 0.5) is 0 Å². The van der Waals surface area contributed by atoms with Crippen molar-refractivity contribution in [2.45, 2.75) is 111 Å². The van der Waals surface area contributed by atoms with Crippen LogP contribution in [0.25, 0.3) is 0 Å². The van der Waals surface area contributed by atoms with Crippen molar-refractivity contribution in [2.75, 3.05) is 21.3 Å². The molecule has 0 aromatic rings. The minimum atomic E-state index is -0.757. The summed E-state index contributed by atoms with van der Waals surface area (Å²) in [5.41, 5.74) is 1.41. The molecule has 5 nitrogen and oxygen atoms in total. The summed E-state index contributed by atoms with van der Waals surface area (Å²) in [4.78, 5) is 26.0. The van der Waals surface area contributed by atoms with E-state index in [9.17, 15) is 9.59 Å². The van der Waals surface area contributed by atoms with Crippen LogP contribution in [0.2, 0.25) is 0 Å². The molecule has 0 N–H and O–H groups in total. The molecule has 6 heteroatoms. The Labute approximate surface area is 247 Å². The van der Waals surface area contributed by atoms with Crippen molar-refractivity contribution < 1.29 is 23.8 Å². The highest BCUT2D eigenvalue weighted by molar-refractivity contribution is 8.14. The van der Waals surface area contributed by atoms with Gasteiger partial charge >= 0.3 is 5.97 Å². The van der Waals surface area contributed by atoms with E-state index in [0.717, 1.165) is 44.9 Å². The molecule has 0 bridgehead atoms. The first-order valence-electron chi connectivity index (χ1n) is 15.8. The predicted molar refractivity (Wildman–Crippen MR) is 161 cm³/mol. The summed E-state index contributed by atoms with van der Waals surface area (Å²) in [7, 11) is 5.09. The Kier molecular flexibility index (Phi) is 7.74. The predicted octanol–water partition coefficient (Wildman–Crippen LogP) is 7.67. The first kappa shape index (κ1) is 30.6. The molecule has 4 fully saturated rings. The number of allylic oxidation sites excluding steroid dienone is 2. The minimum Gasteiger partial charge on any atom is -0.469 e. The van der Waals surface area contributed by atoms with Gasteiger partial charge in [-0.15, -0.1) is 0 Å². The maximum Gasteiger partial charge on any atom is 0.312 e. The Morgan fingerprint density at radius 2 is 1.62 bits per heavy atom. The van der Waals surface area contributed by atoms with E-state index in [1.54, 1.807) is 33.8 Å². The molecule has 40 heavy (non-hydrogen) atoms. The largest absolute Gasteiger partial charge is 0.469 e. The van der Waals surface area contributed by atoms with Gasteiger partial charge in [0.15, 0.2) is 10.9 Å². The van der Waals surface area contributed by atoms with E-state index in [2.05, 4.69) is 47.6 Å². The number of fused-ring (bicyclic) bond motifs is 7. The Bertz CT molecular complexity index is 1070. The van der Waals surface area contributed by atoms with Gasteiger partial charge in [-0.2, -0.15) is 0 Å². The maximum atomic E-state index is 13.5. The van der Waals surface area contributed by atoms with Crippen molar-refractivity contribution in [3.63, 3.8) is 0 Å². The highest BCUT2D eigenvalue weighted by atomic mass is 32.2. The van der Waals surface area contributed by atoms with E-state index in [-0.39, 0.29) is 49.8 Å². The van der Waals surface area contributed by atoms with E-state index in [4.69, 9.17) is 14.2 Å². The van der Waals surface area contributed by atoms with Crippen molar-refractivity contribution in [2.24, 2.45) is 57.2 Å². The van der Waals surface area contributed by atoms with Gasteiger partial charge in [0, 0.05) is 27.1 Å². The van der Waals surface area contributed by atoms with Gasteiger partial charge in [0.1, 0.15) is 0 Å². The molecule has 5 aliphatic carbocycles. The molecular weight excluding hydrogens is 520 g/mol. The third kappa shape index (κ3) is 3.79. The summed E-state index contributed by atoms with van der Waals surface area (Å²) in [6.07, 6.45) is 10.9. The van der Waals surface area contributed by atoms with Gasteiger partial charge in [-0.3, -0.25) is 9.59 Å². The third-order valence-corrected chi connectivity index (χ3v) is 15.3. The Morgan fingerprint density at radius 3 is 2.23 bits per heavy atom. The monoisotopic (exact) mass is 574 g/mol. The Balaban J connectivity index is 1.60. The SMILES string of the molecule is COC(=O)[C@]12CC[C@@H](C)[C@H](C)[C@H]1C1=CC[C@@H]3[C@@]4(C)C[C@@H](SC(C)=O)C(OC)(OC)[C@H](C)C4CC[C@@]3(C)[C@]1(C)CC2. The van der Waals surface area contributed by atoms with E-state index >= 15 is 0 Å². The number of esters is 1. The summed E-state index contributed by atoms with van der Waals surface area (Å²) in [5, 5.41) is 0.0789. The van der Waals surface area contributed by atoms with Crippen LogP contribution in [0, 0.1) is 57.2 Å². The summed E-state index contributed by atoms with van der Waals surface area (Å²) < 4.78 is 17.9. The van der Waals surface area contributed by atoms with Crippen LogP contribution >= 0.6 is 11.8 Å². The lowest BCUT2D eigenvalue weighted by atomic mass is 9.34. The number of hydrogen-bond acceptors (Lipinski definition) is 6. The molecule has 0 radical (unpaired) electrons. The second-order valence-electron chi connectivity index (χ2n) is 15.1. The second kappa shape index (κ2) is 10.1. The van der Waals surface area contributed by atoms with E-state index in [1.165, 1.54) is 18.2 Å². The second-order valence-corrected chi connectivity index (χ2v) is 16.4. The molecule has 0 spiro atoms. The quantitative estimate of drug-likeness (QED) is 0.195.